The molecular formula is C33H37Zr. The Labute approximate surface area is 220 Å². The van der Waals surface area contributed by atoms with Crippen molar-refractivity contribution in [3.05, 3.63) is 69.6 Å². The van der Waals surface area contributed by atoms with E-state index in [4.69, 9.17) is 0 Å². The molecular weight excluding hydrogens is 488 g/mol. The second-order valence-corrected chi connectivity index (χ2v) is 13.6. The van der Waals surface area contributed by atoms with E-state index in [1.165, 1.54) is 85.8 Å². The van der Waals surface area contributed by atoms with Crippen LogP contribution in [0.1, 0.15) is 81.3 Å². The zero-order valence-corrected chi connectivity index (χ0v) is 23.1. The fourth-order valence-electron chi connectivity index (χ4n) is 8.92. The summed E-state index contributed by atoms with van der Waals surface area (Å²) in [4.78, 5) is 0. The molecule has 0 unspecified atom stereocenters. The van der Waals surface area contributed by atoms with Crippen molar-refractivity contribution in [2.75, 3.05) is 0 Å². The minimum absolute atomic E-state index is 0.787. The van der Waals surface area contributed by atoms with Gasteiger partial charge in [-0.3, -0.25) is 0 Å². The Hall–Kier alpha value is -1.20. The Morgan fingerprint density at radius 1 is 0.824 bits per heavy atom. The van der Waals surface area contributed by atoms with Gasteiger partial charge in [0.25, 0.3) is 0 Å². The molecule has 0 radical (unpaired) electrons. The summed E-state index contributed by atoms with van der Waals surface area (Å²) in [6.45, 7) is 2.31. The van der Waals surface area contributed by atoms with Crippen molar-refractivity contribution in [2.45, 2.75) is 77.0 Å². The second-order valence-electron chi connectivity index (χ2n) is 12.4. The SMILES string of the molecule is Cc1cc(-c2ccccc2C2C3CC4CC(C3)CC2C4)c2c(c1)=[C]([Zr])C(=CC1CCCCC1)C=2. The molecule has 2 aromatic rings. The summed E-state index contributed by atoms with van der Waals surface area (Å²) >= 11 is 1.56. The first-order valence-electron chi connectivity index (χ1n) is 14.0. The molecule has 2 aromatic carbocycles. The van der Waals surface area contributed by atoms with Crippen LogP contribution in [-0.4, -0.2) is 0 Å². The van der Waals surface area contributed by atoms with E-state index in [0.29, 0.717) is 0 Å². The predicted octanol–water partition coefficient (Wildman–Crippen LogP) is 7.16. The van der Waals surface area contributed by atoms with E-state index in [1.54, 1.807) is 44.7 Å². The van der Waals surface area contributed by atoms with Crippen molar-refractivity contribution >= 4 is 9.36 Å². The summed E-state index contributed by atoms with van der Waals surface area (Å²) in [5.74, 6) is 5.51. The van der Waals surface area contributed by atoms with Crippen molar-refractivity contribution in [3.63, 3.8) is 0 Å². The zero-order chi connectivity index (χ0) is 22.8. The van der Waals surface area contributed by atoms with Crippen molar-refractivity contribution < 1.29 is 24.7 Å². The van der Waals surface area contributed by atoms with Crippen LogP contribution in [-0.2, 0) is 24.7 Å². The first-order valence-corrected chi connectivity index (χ1v) is 15.3. The quantitative estimate of drug-likeness (QED) is 0.400. The molecule has 5 fully saturated rings. The normalized spacial score (nSPS) is 33.4. The minimum atomic E-state index is 0.787. The summed E-state index contributed by atoms with van der Waals surface area (Å²) in [6, 6.07) is 14.5. The molecule has 173 valence electrons. The van der Waals surface area contributed by atoms with Gasteiger partial charge in [0.15, 0.2) is 0 Å². The average molecular weight is 525 g/mol. The second kappa shape index (κ2) is 8.73. The first-order chi connectivity index (χ1) is 16.6. The molecule has 34 heavy (non-hydrogen) atoms. The summed E-state index contributed by atoms with van der Waals surface area (Å²) in [5, 5.41) is 3.03. The van der Waals surface area contributed by atoms with Gasteiger partial charge in [0.2, 0.25) is 0 Å². The van der Waals surface area contributed by atoms with Gasteiger partial charge in [-0.25, -0.2) is 0 Å². The van der Waals surface area contributed by atoms with Gasteiger partial charge in [-0.1, -0.05) is 0 Å². The number of allylic oxidation sites excluding steroid dienone is 2. The average Bonchev–Trinajstić information content (AvgIpc) is 3.14. The van der Waals surface area contributed by atoms with Crippen LogP contribution in [0.15, 0.2) is 48.0 Å². The molecule has 0 heterocycles. The summed E-state index contributed by atoms with van der Waals surface area (Å²) < 4.78 is 1.59. The Morgan fingerprint density at radius 2 is 1.53 bits per heavy atom. The van der Waals surface area contributed by atoms with Crippen LogP contribution in [0.5, 0.6) is 0 Å². The molecule has 0 aliphatic heterocycles. The van der Waals surface area contributed by atoms with Gasteiger partial charge >= 0.3 is 221 Å². The number of rotatable bonds is 3. The monoisotopic (exact) mass is 523 g/mol. The first kappa shape index (κ1) is 22.0. The fraction of sp³-hybridized carbons (Fsp3) is 0.515. The van der Waals surface area contributed by atoms with E-state index in [2.05, 4.69) is 55.5 Å². The van der Waals surface area contributed by atoms with E-state index in [0.717, 1.165) is 35.5 Å². The van der Waals surface area contributed by atoms with Gasteiger partial charge in [-0.05, 0) is 0 Å². The van der Waals surface area contributed by atoms with Gasteiger partial charge in [0.1, 0.15) is 0 Å². The van der Waals surface area contributed by atoms with E-state index >= 15 is 0 Å². The Kier molecular flexibility index (Phi) is 5.66. The molecule has 5 saturated carbocycles. The summed E-state index contributed by atoms with van der Waals surface area (Å²) in [5.41, 5.74) is 7.68. The van der Waals surface area contributed by atoms with Crippen LogP contribution in [0.4, 0.5) is 0 Å². The van der Waals surface area contributed by atoms with Gasteiger partial charge in [0.05, 0.1) is 0 Å². The molecule has 4 bridgehead atoms. The van der Waals surface area contributed by atoms with Gasteiger partial charge in [0, 0.05) is 0 Å². The van der Waals surface area contributed by atoms with E-state index in [-0.39, 0.29) is 0 Å². The topological polar surface area (TPSA) is 0 Å². The van der Waals surface area contributed by atoms with Crippen molar-refractivity contribution in [1.82, 2.24) is 0 Å². The zero-order valence-electron chi connectivity index (χ0n) is 20.7. The molecule has 0 aromatic heterocycles. The van der Waals surface area contributed by atoms with E-state index in [9.17, 15) is 0 Å². The number of hydrogen-bond acceptors (Lipinski definition) is 0. The summed E-state index contributed by atoms with van der Waals surface area (Å²) in [6.07, 6.45) is 19.8. The number of fused-ring (bicyclic) bond motifs is 1. The standard InChI is InChI=1S/C33H37.Zr/c1-21-11-26-15-25(13-22-7-3-2-4-8-22)20-31(26)32(12-21)29-9-5-6-10-30(29)33-27-16-23-14-24(18-27)19-28(33)17-23;/h5-6,9-13,20,22-24,27-28,33H,2-4,7-8,14,16-19H2,1H3;. The number of benzene rings is 2. The maximum atomic E-state index is 2.64. The number of hydrogen-bond donors (Lipinski definition) is 0. The molecule has 0 spiro atoms. The third-order valence-electron chi connectivity index (χ3n) is 10.1. The van der Waals surface area contributed by atoms with Crippen LogP contribution in [0.2, 0.25) is 0 Å². The van der Waals surface area contributed by atoms with Crippen molar-refractivity contribution in [1.29, 1.82) is 0 Å². The van der Waals surface area contributed by atoms with Crippen molar-refractivity contribution in [2.24, 2.45) is 29.6 Å². The Bertz CT molecular complexity index is 1240. The molecule has 0 nitrogen and oxygen atoms in total. The maximum absolute atomic E-state index is 2.64. The molecule has 6 aliphatic rings. The van der Waals surface area contributed by atoms with E-state index < -0.39 is 0 Å². The molecule has 0 saturated heterocycles. The number of aryl methyl sites for hydroxylation is 1. The molecule has 1 heteroatoms. The van der Waals surface area contributed by atoms with E-state index in [1.807, 2.05) is 0 Å². The molecule has 6 aliphatic carbocycles. The molecule has 0 amide bonds. The van der Waals surface area contributed by atoms with Crippen LogP contribution >= 0.6 is 0 Å². The molecule has 0 atom stereocenters. The Balaban J connectivity index is 1.35. The Morgan fingerprint density at radius 3 is 2.26 bits per heavy atom. The van der Waals surface area contributed by atoms with Crippen molar-refractivity contribution in [3.8, 4) is 11.1 Å². The van der Waals surface area contributed by atoms with Gasteiger partial charge < -0.3 is 0 Å². The van der Waals surface area contributed by atoms with Crippen LogP contribution in [0.3, 0.4) is 0 Å². The van der Waals surface area contributed by atoms with Crippen LogP contribution in [0.25, 0.3) is 20.5 Å². The predicted molar refractivity (Wildman–Crippen MR) is 138 cm³/mol. The van der Waals surface area contributed by atoms with Crippen LogP contribution < -0.4 is 10.4 Å². The van der Waals surface area contributed by atoms with Gasteiger partial charge in [-0.15, -0.1) is 0 Å². The fourth-order valence-corrected chi connectivity index (χ4v) is 9.81. The third-order valence-corrected chi connectivity index (χ3v) is 11.5. The van der Waals surface area contributed by atoms with Gasteiger partial charge in [-0.2, -0.15) is 0 Å². The third kappa shape index (κ3) is 3.72. The van der Waals surface area contributed by atoms with Crippen LogP contribution in [0, 0.1) is 36.5 Å². The molecule has 8 rings (SSSR count). The summed E-state index contributed by atoms with van der Waals surface area (Å²) in [7, 11) is 0. The molecule has 0 N–H and O–H groups in total.